The van der Waals surface area contributed by atoms with Gasteiger partial charge in [0, 0.05) is 5.56 Å². The van der Waals surface area contributed by atoms with Crippen LogP contribution >= 0.6 is 0 Å². The monoisotopic (exact) mass is 389 g/mol. The Hall–Kier alpha value is -3.26. The van der Waals surface area contributed by atoms with Crippen molar-refractivity contribution in [1.82, 2.24) is 5.48 Å². The predicted octanol–water partition coefficient (Wildman–Crippen LogP) is 3.05. The molecule has 8 heteroatoms. The molecule has 0 saturated carbocycles. The molecule has 2 aromatic rings. The van der Waals surface area contributed by atoms with Gasteiger partial charge in [-0.3, -0.25) is 10.3 Å². The lowest BCUT2D eigenvalue weighted by molar-refractivity contribution is 0.0507. The summed E-state index contributed by atoms with van der Waals surface area (Å²) in [5, 5.41) is 9.97. The summed E-state index contributed by atoms with van der Waals surface area (Å²) in [7, 11) is 7.64. The van der Waals surface area contributed by atoms with Gasteiger partial charge in [0.2, 0.25) is 11.5 Å². The van der Waals surface area contributed by atoms with E-state index in [1.807, 2.05) is 18.2 Å². The fourth-order valence-electron chi connectivity index (χ4n) is 3.09. The number of nitrogens with one attached hydrogen (secondary N) is 1. The Morgan fingerprint density at radius 2 is 1.43 bits per heavy atom. The highest BCUT2D eigenvalue weighted by Crippen LogP contribution is 2.45. The number of aromatic hydroxyl groups is 1. The number of phenolic OH excluding ortho intramolecular Hbond substituents is 1. The zero-order valence-corrected chi connectivity index (χ0v) is 16.4. The lowest BCUT2D eigenvalue weighted by Gasteiger charge is -2.16. The number of rotatable bonds is 7. The molecular weight excluding hydrogens is 366 g/mol. The molecule has 0 saturated heterocycles. The van der Waals surface area contributed by atoms with E-state index in [0.717, 1.165) is 5.56 Å². The zero-order chi connectivity index (χ0) is 20.3. The van der Waals surface area contributed by atoms with E-state index in [1.165, 1.54) is 20.3 Å². The van der Waals surface area contributed by atoms with E-state index in [2.05, 4.69) is 5.48 Å². The molecule has 1 heterocycles. The van der Waals surface area contributed by atoms with Gasteiger partial charge in [0.25, 0.3) is 0 Å². The zero-order valence-electron chi connectivity index (χ0n) is 16.4. The molecule has 1 atom stereocenters. The second-order valence-corrected chi connectivity index (χ2v) is 5.88. The van der Waals surface area contributed by atoms with Crippen molar-refractivity contribution in [3.05, 3.63) is 41.5 Å². The van der Waals surface area contributed by atoms with Gasteiger partial charge in [-0.05, 0) is 35.9 Å². The fraction of sp³-hybridized carbons (Fsp3) is 0.300. The number of hydrogen-bond donors (Lipinski definition) is 2. The van der Waals surface area contributed by atoms with E-state index in [0.29, 0.717) is 34.3 Å². The van der Waals surface area contributed by atoms with E-state index < -0.39 is 6.10 Å². The standard InChI is InChI=1S/C20H23NO7/c1-23-16-8-11(9-17(24-2)20(16)27-5)15-10-13(21-28-15)12-6-7-14(22)19(26-4)18(12)25-3/h6-10,15,21-22H,1-5H3. The van der Waals surface area contributed by atoms with Gasteiger partial charge in [0.05, 0.1) is 41.2 Å². The molecule has 8 nitrogen and oxygen atoms in total. The Balaban J connectivity index is 2.01. The van der Waals surface area contributed by atoms with Gasteiger partial charge in [0.15, 0.2) is 23.0 Å². The van der Waals surface area contributed by atoms with Crippen molar-refractivity contribution in [2.75, 3.05) is 35.5 Å². The SMILES string of the molecule is COc1cc(C2C=C(c3ccc(O)c(OC)c3OC)NO2)cc(OC)c1OC. The minimum Gasteiger partial charge on any atom is -0.504 e. The summed E-state index contributed by atoms with van der Waals surface area (Å²) in [5.41, 5.74) is 5.07. The van der Waals surface area contributed by atoms with Crippen LogP contribution in [0.5, 0.6) is 34.5 Å². The normalized spacial score (nSPS) is 15.5. The van der Waals surface area contributed by atoms with Crippen LogP contribution in [0.2, 0.25) is 0 Å². The number of phenols is 1. The maximum absolute atomic E-state index is 9.97. The Morgan fingerprint density at radius 1 is 0.821 bits per heavy atom. The molecule has 0 spiro atoms. The summed E-state index contributed by atoms with van der Waals surface area (Å²) in [6.07, 6.45) is 1.47. The topological polar surface area (TPSA) is 87.6 Å². The van der Waals surface area contributed by atoms with Gasteiger partial charge in [-0.1, -0.05) is 0 Å². The van der Waals surface area contributed by atoms with E-state index in [1.54, 1.807) is 27.4 Å². The Morgan fingerprint density at radius 3 is 1.96 bits per heavy atom. The minimum atomic E-state index is -0.409. The average molecular weight is 389 g/mol. The van der Waals surface area contributed by atoms with Crippen molar-refractivity contribution in [1.29, 1.82) is 0 Å². The van der Waals surface area contributed by atoms with Crippen molar-refractivity contribution in [3.63, 3.8) is 0 Å². The van der Waals surface area contributed by atoms with Crippen LogP contribution < -0.4 is 29.2 Å². The van der Waals surface area contributed by atoms with Crippen molar-refractivity contribution in [2.45, 2.75) is 6.10 Å². The molecule has 1 aliphatic heterocycles. The van der Waals surface area contributed by atoms with Crippen molar-refractivity contribution in [3.8, 4) is 34.5 Å². The smallest absolute Gasteiger partial charge is 0.203 e. The van der Waals surface area contributed by atoms with Gasteiger partial charge in [-0.2, -0.15) is 0 Å². The highest BCUT2D eigenvalue weighted by atomic mass is 16.7. The van der Waals surface area contributed by atoms with Crippen molar-refractivity contribution >= 4 is 5.70 Å². The lowest BCUT2D eigenvalue weighted by Crippen LogP contribution is -2.09. The van der Waals surface area contributed by atoms with Gasteiger partial charge in [-0.25, -0.2) is 0 Å². The molecule has 0 bridgehead atoms. The Bertz CT molecular complexity index is 869. The highest BCUT2D eigenvalue weighted by Gasteiger charge is 2.26. The third-order valence-corrected chi connectivity index (χ3v) is 4.42. The average Bonchev–Trinajstić information content (AvgIpc) is 3.22. The van der Waals surface area contributed by atoms with Crippen molar-refractivity contribution < 1.29 is 33.6 Å². The molecule has 1 unspecified atom stereocenters. The molecule has 28 heavy (non-hydrogen) atoms. The maximum Gasteiger partial charge on any atom is 0.203 e. The molecule has 0 aliphatic carbocycles. The molecular formula is C20H23NO7. The maximum atomic E-state index is 9.97. The summed E-state index contributed by atoms with van der Waals surface area (Å²) >= 11 is 0. The minimum absolute atomic E-state index is 0.0104. The summed E-state index contributed by atoms with van der Waals surface area (Å²) in [6, 6.07) is 6.89. The molecule has 0 aromatic heterocycles. The van der Waals surface area contributed by atoms with E-state index in [9.17, 15) is 5.11 Å². The first kappa shape index (κ1) is 19.5. The van der Waals surface area contributed by atoms with Crippen LogP contribution in [0.1, 0.15) is 17.2 Å². The second kappa shape index (κ2) is 8.18. The third-order valence-electron chi connectivity index (χ3n) is 4.42. The second-order valence-electron chi connectivity index (χ2n) is 5.88. The molecule has 2 N–H and O–H groups in total. The van der Waals surface area contributed by atoms with E-state index >= 15 is 0 Å². The first-order valence-corrected chi connectivity index (χ1v) is 8.45. The number of benzene rings is 2. The summed E-state index contributed by atoms with van der Waals surface area (Å²) in [4.78, 5) is 5.73. The number of hydrogen-bond acceptors (Lipinski definition) is 8. The van der Waals surface area contributed by atoms with Crippen molar-refractivity contribution in [2.24, 2.45) is 0 Å². The molecule has 3 rings (SSSR count). The fourth-order valence-corrected chi connectivity index (χ4v) is 3.09. The van der Waals surface area contributed by atoms with Gasteiger partial charge >= 0.3 is 0 Å². The largest absolute Gasteiger partial charge is 0.504 e. The van der Waals surface area contributed by atoms with Gasteiger partial charge < -0.3 is 28.8 Å². The van der Waals surface area contributed by atoms with Crippen LogP contribution in [0.3, 0.4) is 0 Å². The van der Waals surface area contributed by atoms with E-state index in [4.69, 9.17) is 28.5 Å². The predicted molar refractivity (Wildman–Crippen MR) is 102 cm³/mol. The third kappa shape index (κ3) is 3.34. The number of methoxy groups -OCH3 is 5. The number of ether oxygens (including phenoxy) is 5. The molecule has 0 fully saturated rings. The Labute approximate surface area is 163 Å². The molecule has 2 aromatic carbocycles. The van der Waals surface area contributed by atoms with Gasteiger partial charge in [0.1, 0.15) is 6.10 Å². The molecule has 150 valence electrons. The molecule has 0 amide bonds. The van der Waals surface area contributed by atoms with Crippen LogP contribution in [-0.4, -0.2) is 40.7 Å². The number of hydroxylamine groups is 1. The van der Waals surface area contributed by atoms with Crippen LogP contribution in [0.15, 0.2) is 30.3 Å². The highest BCUT2D eigenvalue weighted by molar-refractivity contribution is 5.75. The van der Waals surface area contributed by atoms with Crippen LogP contribution in [-0.2, 0) is 4.84 Å². The summed E-state index contributed by atoms with van der Waals surface area (Å²) in [6.45, 7) is 0. The Kier molecular flexibility index (Phi) is 5.70. The van der Waals surface area contributed by atoms with Gasteiger partial charge in [-0.15, -0.1) is 0 Å². The van der Waals surface area contributed by atoms with Crippen LogP contribution in [0, 0.1) is 0 Å². The lowest BCUT2D eigenvalue weighted by atomic mass is 10.0. The molecule has 0 radical (unpaired) electrons. The quantitative estimate of drug-likeness (QED) is 0.747. The van der Waals surface area contributed by atoms with Crippen LogP contribution in [0.4, 0.5) is 0 Å². The van der Waals surface area contributed by atoms with Crippen LogP contribution in [0.25, 0.3) is 5.70 Å². The summed E-state index contributed by atoms with van der Waals surface area (Å²) < 4.78 is 26.8. The first-order chi connectivity index (χ1) is 13.6. The summed E-state index contributed by atoms with van der Waals surface area (Å²) in [5.74, 6) is 2.21. The molecule has 1 aliphatic rings. The first-order valence-electron chi connectivity index (χ1n) is 8.45. The van der Waals surface area contributed by atoms with E-state index in [-0.39, 0.29) is 11.5 Å².